The third-order valence-electron chi connectivity index (χ3n) is 4.65. The first-order chi connectivity index (χ1) is 13.7. The summed E-state index contributed by atoms with van der Waals surface area (Å²) in [5, 5.41) is 18.4. The van der Waals surface area contributed by atoms with Gasteiger partial charge in [-0.3, -0.25) is 0 Å². The molecule has 4 nitrogen and oxygen atoms in total. The molecule has 0 saturated carbocycles. The van der Waals surface area contributed by atoms with E-state index in [0.29, 0.717) is 18.4 Å². The normalized spacial score (nSPS) is 12.2. The Labute approximate surface area is 166 Å². The summed E-state index contributed by atoms with van der Waals surface area (Å²) in [5.41, 5.74) is 4.75. The number of benzene rings is 2. The van der Waals surface area contributed by atoms with Crippen molar-refractivity contribution in [3.8, 4) is 5.75 Å². The summed E-state index contributed by atoms with van der Waals surface area (Å²) in [4.78, 5) is 0. The highest BCUT2D eigenvalue weighted by atomic mass is 19.4. The molecule has 0 aliphatic heterocycles. The predicted molar refractivity (Wildman–Crippen MR) is 101 cm³/mol. The van der Waals surface area contributed by atoms with Crippen LogP contribution in [0, 0.1) is 5.82 Å². The van der Waals surface area contributed by atoms with Crippen LogP contribution in [0.25, 0.3) is 0 Å². The van der Waals surface area contributed by atoms with E-state index in [9.17, 15) is 27.8 Å². The zero-order chi connectivity index (χ0) is 21.5. The number of alkyl halides is 3. The second-order valence-electron chi connectivity index (χ2n) is 7.09. The summed E-state index contributed by atoms with van der Waals surface area (Å²) >= 11 is 0. The van der Waals surface area contributed by atoms with Gasteiger partial charge in [0.2, 0.25) is 0 Å². The Hall–Kier alpha value is -2.16. The number of hydrogen-bond donors (Lipinski definition) is 3. The highest BCUT2D eigenvalue weighted by Gasteiger charge is 2.35. The Morgan fingerprint density at radius 2 is 1.62 bits per heavy atom. The van der Waals surface area contributed by atoms with Crippen LogP contribution in [0.15, 0.2) is 42.5 Å². The van der Waals surface area contributed by atoms with E-state index in [1.54, 1.807) is 12.1 Å². The molecule has 0 spiro atoms. The van der Waals surface area contributed by atoms with Crippen molar-refractivity contribution >= 4 is 0 Å². The van der Waals surface area contributed by atoms with Gasteiger partial charge in [0.1, 0.15) is 11.6 Å². The minimum atomic E-state index is -4.60. The van der Waals surface area contributed by atoms with Gasteiger partial charge in [-0.2, -0.15) is 13.2 Å². The first-order valence-electron chi connectivity index (χ1n) is 9.25. The summed E-state index contributed by atoms with van der Waals surface area (Å²) in [6, 6.07) is 9.80. The number of aliphatic hydroxyl groups excluding tert-OH is 2. The number of aryl methyl sites for hydroxylation is 2. The minimum absolute atomic E-state index is 0.0554. The molecular weight excluding hydrogens is 390 g/mol. The van der Waals surface area contributed by atoms with Crippen molar-refractivity contribution in [2.45, 2.75) is 37.4 Å². The van der Waals surface area contributed by atoms with E-state index in [-0.39, 0.29) is 31.0 Å². The summed E-state index contributed by atoms with van der Waals surface area (Å²) in [6.07, 6.45) is -3.38. The molecule has 0 aliphatic rings. The Morgan fingerprint density at radius 1 is 0.931 bits per heavy atom. The van der Waals surface area contributed by atoms with Crippen LogP contribution in [-0.2, 0) is 19.0 Å². The Balaban J connectivity index is 2.01. The van der Waals surface area contributed by atoms with Crippen LogP contribution in [0.4, 0.5) is 17.6 Å². The Bertz CT molecular complexity index is 792. The molecule has 0 unspecified atom stereocenters. The van der Waals surface area contributed by atoms with Gasteiger partial charge in [-0.15, -0.1) is 0 Å². The van der Waals surface area contributed by atoms with Gasteiger partial charge >= 0.3 is 6.18 Å². The van der Waals surface area contributed by atoms with Crippen LogP contribution in [-0.4, -0.2) is 35.6 Å². The molecule has 0 amide bonds. The SMILES string of the molecule is NC(CO)(CO)CCc1ccc(OCCCc2cccc(F)c2)c(C(F)(F)F)c1. The van der Waals surface area contributed by atoms with Gasteiger partial charge in [0.05, 0.1) is 30.9 Å². The Kier molecular flexibility index (Phi) is 8.01. The van der Waals surface area contributed by atoms with Gasteiger partial charge in [0.25, 0.3) is 0 Å². The van der Waals surface area contributed by atoms with E-state index in [0.717, 1.165) is 11.6 Å². The first-order valence-corrected chi connectivity index (χ1v) is 9.25. The second kappa shape index (κ2) is 10.0. The van der Waals surface area contributed by atoms with Crippen molar-refractivity contribution in [2.75, 3.05) is 19.8 Å². The molecule has 4 N–H and O–H groups in total. The van der Waals surface area contributed by atoms with Gasteiger partial charge in [-0.25, -0.2) is 4.39 Å². The summed E-state index contributed by atoms with van der Waals surface area (Å²) < 4.78 is 58.8. The van der Waals surface area contributed by atoms with Crippen molar-refractivity contribution in [1.82, 2.24) is 0 Å². The molecule has 0 radical (unpaired) electrons. The van der Waals surface area contributed by atoms with Crippen molar-refractivity contribution in [3.63, 3.8) is 0 Å². The standard InChI is InChI=1S/C21H25F4NO3/c22-17-5-1-3-15(11-17)4-2-10-29-19-7-6-16(12-18(19)21(23,24)25)8-9-20(26,13-27)14-28/h1,3,5-7,11-12,27-28H,2,4,8-10,13-14,26H2. The molecule has 0 aliphatic carbocycles. The quantitative estimate of drug-likeness (QED) is 0.410. The van der Waals surface area contributed by atoms with E-state index < -0.39 is 30.5 Å². The summed E-state index contributed by atoms with van der Waals surface area (Å²) in [5.74, 6) is -0.633. The topological polar surface area (TPSA) is 75.7 Å². The predicted octanol–water partition coefficient (Wildman–Crippen LogP) is 3.47. The van der Waals surface area contributed by atoms with Crippen molar-refractivity contribution in [2.24, 2.45) is 5.73 Å². The molecule has 2 aromatic carbocycles. The van der Waals surface area contributed by atoms with Crippen LogP contribution in [0.5, 0.6) is 5.75 Å². The molecule has 0 atom stereocenters. The molecule has 29 heavy (non-hydrogen) atoms. The summed E-state index contributed by atoms with van der Waals surface area (Å²) in [7, 11) is 0. The van der Waals surface area contributed by atoms with Crippen molar-refractivity contribution < 1.29 is 32.5 Å². The highest BCUT2D eigenvalue weighted by molar-refractivity contribution is 5.39. The van der Waals surface area contributed by atoms with Crippen LogP contribution in [0.2, 0.25) is 0 Å². The maximum atomic E-state index is 13.4. The summed E-state index contributed by atoms with van der Waals surface area (Å²) in [6.45, 7) is -0.885. The fourth-order valence-corrected chi connectivity index (χ4v) is 2.83. The molecule has 160 valence electrons. The van der Waals surface area contributed by atoms with Crippen LogP contribution < -0.4 is 10.5 Å². The average Bonchev–Trinajstić information content (AvgIpc) is 2.69. The van der Waals surface area contributed by atoms with E-state index in [2.05, 4.69) is 0 Å². The van der Waals surface area contributed by atoms with Gasteiger partial charge < -0.3 is 20.7 Å². The van der Waals surface area contributed by atoms with Gasteiger partial charge in [-0.1, -0.05) is 18.2 Å². The fraction of sp³-hybridized carbons (Fsp3) is 0.429. The monoisotopic (exact) mass is 415 g/mol. The van der Waals surface area contributed by atoms with E-state index >= 15 is 0 Å². The van der Waals surface area contributed by atoms with Gasteiger partial charge in [0.15, 0.2) is 0 Å². The van der Waals surface area contributed by atoms with Crippen molar-refractivity contribution in [1.29, 1.82) is 0 Å². The lowest BCUT2D eigenvalue weighted by atomic mass is 9.93. The lowest BCUT2D eigenvalue weighted by molar-refractivity contribution is -0.139. The van der Waals surface area contributed by atoms with Crippen LogP contribution in [0.3, 0.4) is 0 Å². The molecule has 0 fully saturated rings. The number of aliphatic hydroxyl groups is 2. The second-order valence-corrected chi connectivity index (χ2v) is 7.09. The van der Waals surface area contributed by atoms with E-state index in [1.165, 1.54) is 24.3 Å². The number of rotatable bonds is 10. The van der Waals surface area contributed by atoms with Crippen molar-refractivity contribution in [3.05, 3.63) is 65.0 Å². The molecule has 0 heterocycles. The van der Waals surface area contributed by atoms with E-state index in [4.69, 9.17) is 10.5 Å². The molecule has 0 saturated heterocycles. The zero-order valence-electron chi connectivity index (χ0n) is 15.9. The molecular formula is C21H25F4NO3. The van der Waals surface area contributed by atoms with Crippen LogP contribution >= 0.6 is 0 Å². The average molecular weight is 415 g/mol. The molecule has 2 aromatic rings. The third kappa shape index (κ3) is 6.99. The fourth-order valence-electron chi connectivity index (χ4n) is 2.83. The van der Waals surface area contributed by atoms with E-state index in [1.807, 2.05) is 0 Å². The number of ether oxygens (including phenoxy) is 1. The lowest BCUT2D eigenvalue weighted by Gasteiger charge is -2.24. The lowest BCUT2D eigenvalue weighted by Crippen LogP contribution is -2.47. The number of hydrogen-bond acceptors (Lipinski definition) is 4. The molecule has 2 rings (SSSR count). The molecule has 0 aromatic heterocycles. The smallest absolute Gasteiger partial charge is 0.419 e. The first kappa shape index (κ1) is 23.1. The molecule has 8 heteroatoms. The Morgan fingerprint density at radius 3 is 2.24 bits per heavy atom. The highest BCUT2D eigenvalue weighted by Crippen LogP contribution is 2.37. The van der Waals surface area contributed by atoms with Gasteiger partial charge in [-0.05, 0) is 61.1 Å². The number of nitrogens with two attached hydrogens (primary N) is 1. The van der Waals surface area contributed by atoms with Crippen LogP contribution in [0.1, 0.15) is 29.5 Å². The number of halogens is 4. The maximum Gasteiger partial charge on any atom is 0.419 e. The molecule has 0 bridgehead atoms. The largest absolute Gasteiger partial charge is 0.493 e. The third-order valence-corrected chi connectivity index (χ3v) is 4.65. The maximum absolute atomic E-state index is 13.4. The van der Waals surface area contributed by atoms with Gasteiger partial charge in [0, 0.05) is 0 Å². The minimum Gasteiger partial charge on any atom is -0.493 e. The zero-order valence-corrected chi connectivity index (χ0v) is 15.9.